The van der Waals surface area contributed by atoms with Crippen LogP contribution in [0.15, 0.2) is 47.4 Å². The van der Waals surface area contributed by atoms with Crippen LogP contribution in [0.4, 0.5) is 0 Å². The van der Waals surface area contributed by atoms with Crippen molar-refractivity contribution >= 4 is 33.5 Å². The second-order valence-electron chi connectivity index (χ2n) is 8.67. The van der Waals surface area contributed by atoms with Crippen molar-refractivity contribution in [3.63, 3.8) is 0 Å². The highest BCUT2D eigenvalue weighted by Gasteiger charge is 2.31. The number of hydrogen-bond acceptors (Lipinski definition) is 5. The number of carbonyl (C=O) groups is 2. The highest BCUT2D eigenvalue weighted by atomic mass is 35.5. The molecule has 2 aliphatic heterocycles. The Morgan fingerprint density at radius 2 is 1.88 bits per heavy atom. The molecule has 1 atom stereocenters. The molecule has 7 nitrogen and oxygen atoms in total. The minimum atomic E-state index is -3.93. The van der Waals surface area contributed by atoms with Gasteiger partial charge in [-0.2, -0.15) is 4.31 Å². The lowest BCUT2D eigenvalue weighted by Gasteiger charge is -2.30. The zero-order chi connectivity index (χ0) is 23.6. The number of ether oxygens (including phenoxy) is 1. The second kappa shape index (κ2) is 9.83. The lowest BCUT2D eigenvalue weighted by molar-refractivity contribution is -0.136. The molecule has 0 saturated carbocycles. The largest absolute Gasteiger partial charge is 0.452 e. The molecule has 9 heteroatoms. The third-order valence-corrected chi connectivity index (χ3v) is 8.54. The number of nitrogens with zero attached hydrogens (tertiary/aromatic N) is 2. The summed E-state index contributed by atoms with van der Waals surface area (Å²) in [5.41, 5.74) is 2.11. The second-order valence-corrected chi connectivity index (χ2v) is 11.0. The van der Waals surface area contributed by atoms with Crippen LogP contribution in [0, 0.1) is 5.92 Å². The number of halogens is 1. The van der Waals surface area contributed by atoms with Gasteiger partial charge in [-0.1, -0.05) is 42.8 Å². The van der Waals surface area contributed by atoms with Crippen LogP contribution in [-0.2, 0) is 32.5 Å². The monoisotopic (exact) mass is 490 g/mol. The molecule has 0 bridgehead atoms. The quantitative estimate of drug-likeness (QED) is 0.599. The Bertz CT molecular complexity index is 1170. The fourth-order valence-electron chi connectivity index (χ4n) is 4.36. The van der Waals surface area contributed by atoms with Gasteiger partial charge in [0.1, 0.15) is 4.90 Å². The van der Waals surface area contributed by atoms with Crippen LogP contribution in [0.1, 0.15) is 41.3 Å². The summed E-state index contributed by atoms with van der Waals surface area (Å²) in [6.45, 7) is 3.59. The van der Waals surface area contributed by atoms with Crippen molar-refractivity contribution in [3.8, 4) is 0 Å². The van der Waals surface area contributed by atoms with E-state index in [1.165, 1.54) is 22.5 Å². The van der Waals surface area contributed by atoms with Crippen LogP contribution in [0.3, 0.4) is 0 Å². The van der Waals surface area contributed by atoms with E-state index in [9.17, 15) is 18.0 Å². The predicted molar refractivity (Wildman–Crippen MR) is 124 cm³/mol. The molecule has 1 fully saturated rings. The number of benzene rings is 2. The molecule has 1 saturated heterocycles. The van der Waals surface area contributed by atoms with Crippen molar-refractivity contribution < 1.29 is 22.7 Å². The van der Waals surface area contributed by atoms with Gasteiger partial charge < -0.3 is 9.64 Å². The molecule has 0 aliphatic carbocycles. The first-order valence-electron chi connectivity index (χ1n) is 11.1. The van der Waals surface area contributed by atoms with Gasteiger partial charge in [0.05, 0.1) is 10.6 Å². The first-order valence-corrected chi connectivity index (χ1v) is 12.9. The number of esters is 1. The van der Waals surface area contributed by atoms with Crippen molar-refractivity contribution in [1.29, 1.82) is 0 Å². The highest BCUT2D eigenvalue weighted by molar-refractivity contribution is 7.89. The van der Waals surface area contributed by atoms with Gasteiger partial charge in [-0.3, -0.25) is 4.79 Å². The third kappa shape index (κ3) is 5.23. The molecular weight excluding hydrogens is 464 g/mol. The topological polar surface area (TPSA) is 84.0 Å². The Balaban J connectivity index is 1.47. The van der Waals surface area contributed by atoms with Gasteiger partial charge >= 0.3 is 5.97 Å². The standard InChI is InChI=1S/C24H27ClN2O5S/c1-17-5-4-11-26(14-17)23(28)16-32-24(29)19-8-9-21(25)22(13-19)33(30,31)27-12-10-18-6-2-3-7-20(18)15-27/h2-3,6-9,13,17H,4-5,10-12,14-16H2,1H3. The first kappa shape index (κ1) is 23.7. The van der Waals surface area contributed by atoms with E-state index >= 15 is 0 Å². The summed E-state index contributed by atoms with van der Waals surface area (Å²) in [6, 6.07) is 11.7. The van der Waals surface area contributed by atoms with E-state index < -0.39 is 16.0 Å². The van der Waals surface area contributed by atoms with E-state index in [2.05, 4.69) is 6.92 Å². The van der Waals surface area contributed by atoms with E-state index in [0.29, 0.717) is 32.0 Å². The maximum absolute atomic E-state index is 13.3. The van der Waals surface area contributed by atoms with E-state index in [0.717, 1.165) is 24.0 Å². The van der Waals surface area contributed by atoms with Crippen molar-refractivity contribution in [1.82, 2.24) is 9.21 Å². The number of rotatable bonds is 5. The molecule has 33 heavy (non-hydrogen) atoms. The fraction of sp³-hybridized carbons (Fsp3) is 0.417. The maximum Gasteiger partial charge on any atom is 0.338 e. The lowest BCUT2D eigenvalue weighted by atomic mass is 10.0. The van der Waals surface area contributed by atoms with Crippen LogP contribution < -0.4 is 0 Å². The third-order valence-electron chi connectivity index (χ3n) is 6.22. The normalized spacial score (nSPS) is 19.1. The minimum absolute atomic E-state index is 0.0313. The molecule has 0 spiro atoms. The van der Waals surface area contributed by atoms with Gasteiger partial charge in [-0.15, -0.1) is 0 Å². The molecule has 1 amide bonds. The molecule has 1 unspecified atom stereocenters. The van der Waals surface area contributed by atoms with E-state index in [4.69, 9.17) is 16.3 Å². The minimum Gasteiger partial charge on any atom is -0.452 e. The fourth-order valence-corrected chi connectivity index (χ4v) is 6.28. The number of hydrogen-bond donors (Lipinski definition) is 0. The van der Waals surface area contributed by atoms with E-state index in [-0.39, 0.29) is 34.5 Å². The van der Waals surface area contributed by atoms with Crippen LogP contribution >= 0.6 is 11.6 Å². The predicted octanol–water partition coefficient (Wildman–Crippen LogP) is 3.50. The van der Waals surface area contributed by atoms with Crippen LogP contribution in [0.25, 0.3) is 0 Å². The molecule has 4 rings (SSSR count). The Morgan fingerprint density at radius 3 is 2.64 bits per heavy atom. The summed E-state index contributed by atoms with van der Waals surface area (Å²) in [7, 11) is -3.93. The number of amides is 1. The molecule has 176 valence electrons. The van der Waals surface area contributed by atoms with Gasteiger partial charge in [0.25, 0.3) is 5.91 Å². The average Bonchev–Trinajstić information content (AvgIpc) is 2.82. The van der Waals surface area contributed by atoms with Crippen LogP contribution in [-0.4, -0.2) is 55.7 Å². The van der Waals surface area contributed by atoms with Gasteiger partial charge in [0, 0.05) is 26.2 Å². The number of fused-ring (bicyclic) bond motifs is 1. The van der Waals surface area contributed by atoms with Gasteiger partial charge in [0.2, 0.25) is 10.0 Å². The molecule has 2 heterocycles. The van der Waals surface area contributed by atoms with Crippen LogP contribution in [0.5, 0.6) is 0 Å². The Kier molecular flexibility index (Phi) is 7.07. The molecule has 0 aromatic heterocycles. The average molecular weight is 491 g/mol. The highest BCUT2D eigenvalue weighted by Crippen LogP contribution is 2.30. The number of carbonyl (C=O) groups excluding carboxylic acids is 2. The maximum atomic E-state index is 13.3. The zero-order valence-electron chi connectivity index (χ0n) is 18.5. The lowest BCUT2D eigenvalue weighted by Crippen LogP contribution is -2.41. The van der Waals surface area contributed by atoms with E-state index in [1.54, 1.807) is 4.90 Å². The molecular formula is C24H27ClN2O5S. The smallest absolute Gasteiger partial charge is 0.338 e. The van der Waals surface area contributed by atoms with E-state index in [1.807, 2.05) is 24.3 Å². The van der Waals surface area contributed by atoms with Gasteiger partial charge in [-0.25, -0.2) is 13.2 Å². The van der Waals surface area contributed by atoms with Crippen LogP contribution in [0.2, 0.25) is 5.02 Å². The Hall–Kier alpha value is -2.42. The van der Waals surface area contributed by atoms with Crippen molar-refractivity contribution in [2.75, 3.05) is 26.2 Å². The molecule has 0 radical (unpaired) electrons. The molecule has 2 aromatic carbocycles. The SMILES string of the molecule is CC1CCCN(C(=O)COC(=O)c2ccc(Cl)c(S(=O)(=O)N3CCc4ccccc4C3)c2)C1. The Labute approximate surface area is 199 Å². The summed E-state index contributed by atoms with van der Waals surface area (Å²) in [5.74, 6) is -0.585. The summed E-state index contributed by atoms with van der Waals surface area (Å²) in [4.78, 5) is 26.5. The zero-order valence-corrected chi connectivity index (χ0v) is 20.1. The number of likely N-dealkylation sites (tertiary alicyclic amines) is 1. The summed E-state index contributed by atoms with van der Waals surface area (Å²) in [5, 5.41) is 0.0313. The summed E-state index contributed by atoms with van der Waals surface area (Å²) >= 11 is 6.23. The molecule has 0 N–H and O–H groups in total. The van der Waals surface area contributed by atoms with Gasteiger partial charge in [-0.05, 0) is 54.5 Å². The number of piperidine rings is 1. The summed E-state index contributed by atoms with van der Waals surface area (Å²) < 4.78 is 33.2. The number of sulfonamides is 1. The van der Waals surface area contributed by atoms with Crippen molar-refractivity contribution in [3.05, 3.63) is 64.2 Å². The summed E-state index contributed by atoms with van der Waals surface area (Å²) in [6.07, 6.45) is 2.61. The molecule has 2 aromatic rings. The van der Waals surface area contributed by atoms with Crippen molar-refractivity contribution in [2.24, 2.45) is 5.92 Å². The molecule has 2 aliphatic rings. The first-order chi connectivity index (χ1) is 15.8. The Morgan fingerprint density at radius 1 is 1.12 bits per heavy atom. The van der Waals surface area contributed by atoms with Crippen molar-refractivity contribution in [2.45, 2.75) is 37.6 Å². The van der Waals surface area contributed by atoms with Gasteiger partial charge in [0.15, 0.2) is 6.61 Å².